The van der Waals surface area contributed by atoms with Crippen LogP contribution in [0.25, 0.3) is 0 Å². The number of rotatable bonds is 3. The largest absolute Gasteiger partial charge is 0.462 e. The molecule has 0 N–H and O–H groups in total. The minimum Gasteiger partial charge on any atom is -0.403 e. The van der Waals surface area contributed by atoms with Gasteiger partial charge in [0, 0.05) is 5.82 Å². The summed E-state index contributed by atoms with van der Waals surface area (Å²) in [6.45, 7) is 13.2. The quantitative estimate of drug-likeness (QED) is 0.764. The average molecular weight is 286 g/mol. The summed E-state index contributed by atoms with van der Waals surface area (Å²) >= 11 is 0. The molecule has 1 heterocycles. The molecule has 0 bridgehead atoms. The van der Waals surface area contributed by atoms with E-state index in [9.17, 15) is 0 Å². The van der Waals surface area contributed by atoms with E-state index >= 15 is 0 Å². The molecule has 2 fully saturated rings. The van der Waals surface area contributed by atoms with Crippen molar-refractivity contribution in [3.8, 4) is 0 Å². The predicted molar refractivity (Wildman–Crippen MR) is 87.4 cm³/mol. The van der Waals surface area contributed by atoms with E-state index < -0.39 is 0 Å². The molecular weight excluding hydrogens is 259 g/mol. The van der Waals surface area contributed by atoms with Gasteiger partial charge in [-0.2, -0.15) is 0 Å². The molecule has 0 radical (unpaired) electrons. The first-order valence-corrected chi connectivity index (χ1v) is 8.12. The molecule has 21 heavy (non-hydrogen) atoms. The monoisotopic (exact) mass is 286 g/mol. The van der Waals surface area contributed by atoms with Crippen LogP contribution in [0.15, 0.2) is 30.3 Å². The molecule has 2 aliphatic rings. The van der Waals surface area contributed by atoms with Crippen molar-refractivity contribution in [2.24, 2.45) is 5.92 Å². The number of hydrogen-bond acceptors (Lipinski definition) is 2. The third kappa shape index (κ3) is 2.17. The molecule has 0 spiro atoms. The highest BCUT2D eigenvalue weighted by atomic mass is 16.7. The molecular formula is C18H27BO2. The fourth-order valence-electron chi connectivity index (χ4n) is 3.77. The van der Waals surface area contributed by atoms with E-state index in [0.29, 0.717) is 11.7 Å². The van der Waals surface area contributed by atoms with E-state index in [1.807, 2.05) is 0 Å². The Bertz CT molecular complexity index is 507. The van der Waals surface area contributed by atoms with Gasteiger partial charge in [-0.05, 0) is 51.0 Å². The van der Waals surface area contributed by atoms with Crippen LogP contribution < -0.4 is 0 Å². The van der Waals surface area contributed by atoms with E-state index in [0.717, 1.165) is 6.42 Å². The van der Waals surface area contributed by atoms with Gasteiger partial charge in [-0.1, -0.05) is 44.2 Å². The van der Waals surface area contributed by atoms with E-state index in [2.05, 4.69) is 71.9 Å². The summed E-state index contributed by atoms with van der Waals surface area (Å²) in [5.41, 5.74) is 1.17. The molecule has 1 aromatic rings. The zero-order valence-electron chi connectivity index (χ0n) is 14.1. The van der Waals surface area contributed by atoms with Crippen LogP contribution in [-0.4, -0.2) is 18.3 Å². The molecule has 0 unspecified atom stereocenters. The Morgan fingerprint density at radius 3 is 2.00 bits per heavy atom. The lowest BCUT2D eigenvalue weighted by molar-refractivity contribution is 0.00578. The molecule has 1 aromatic carbocycles. The minimum atomic E-state index is -0.236. The zero-order valence-corrected chi connectivity index (χ0v) is 14.1. The van der Waals surface area contributed by atoms with Gasteiger partial charge in [0.05, 0.1) is 11.2 Å². The van der Waals surface area contributed by atoms with Crippen LogP contribution in [0, 0.1) is 5.92 Å². The van der Waals surface area contributed by atoms with Gasteiger partial charge in [0.1, 0.15) is 0 Å². The summed E-state index contributed by atoms with van der Waals surface area (Å²) in [6, 6.07) is 10.9. The summed E-state index contributed by atoms with van der Waals surface area (Å²) in [7, 11) is -0.0855. The first-order valence-electron chi connectivity index (χ1n) is 8.12. The van der Waals surface area contributed by atoms with Gasteiger partial charge in [-0.15, -0.1) is 0 Å². The average Bonchev–Trinajstić information content (AvgIpc) is 3.10. The fraction of sp³-hybridized carbons (Fsp3) is 0.667. The van der Waals surface area contributed by atoms with Crippen LogP contribution in [-0.2, 0) is 14.7 Å². The van der Waals surface area contributed by atoms with Gasteiger partial charge in [-0.3, -0.25) is 0 Å². The summed E-state index contributed by atoms with van der Waals surface area (Å²) in [4.78, 5) is 0. The molecule has 1 aliphatic heterocycles. The van der Waals surface area contributed by atoms with Crippen molar-refractivity contribution in [2.45, 2.75) is 70.4 Å². The maximum atomic E-state index is 6.29. The normalized spacial score (nSPS) is 33.5. The standard InChI is InChI=1S/C18H27BO2/c1-13(2)18(14-10-8-7-9-11-14)12-15(18)19-20-16(3,4)17(5,6)21-19/h7-11,13,15H,12H2,1-6H3/t15-,18-/m0/s1. The van der Waals surface area contributed by atoms with Crippen LogP contribution in [0.2, 0.25) is 5.82 Å². The van der Waals surface area contributed by atoms with Crippen molar-refractivity contribution in [3.63, 3.8) is 0 Å². The smallest absolute Gasteiger partial charge is 0.403 e. The third-order valence-electron chi connectivity index (χ3n) is 6.00. The Kier molecular flexibility index (Phi) is 3.31. The highest BCUT2D eigenvalue weighted by Crippen LogP contribution is 2.66. The fourth-order valence-corrected chi connectivity index (χ4v) is 3.77. The summed E-state index contributed by atoms with van der Waals surface area (Å²) in [5, 5.41) is 0. The van der Waals surface area contributed by atoms with Gasteiger partial charge in [0.15, 0.2) is 0 Å². The zero-order chi connectivity index (χ0) is 15.5. The first kappa shape index (κ1) is 15.1. The molecule has 2 atom stereocenters. The molecule has 0 aromatic heterocycles. The predicted octanol–water partition coefficient (Wildman–Crippen LogP) is 4.45. The van der Waals surface area contributed by atoms with Crippen LogP contribution in [0.3, 0.4) is 0 Å². The Balaban J connectivity index is 1.87. The van der Waals surface area contributed by atoms with Crippen LogP contribution in [0.4, 0.5) is 0 Å². The SMILES string of the molecule is CC(C)[C@]1(c2ccccc2)C[C@@H]1B1OC(C)(C)C(C)(C)O1. The van der Waals surface area contributed by atoms with E-state index in [1.165, 1.54) is 5.56 Å². The van der Waals surface area contributed by atoms with Crippen molar-refractivity contribution >= 4 is 7.12 Å². The van der Waals surface area contributed by atoms with E-state index in [-0.39, 0.29) is 23.7 Å². The van der Waals surface area contributed by atoms with Gasteiger partial charge in [0.25, 0.3) is 0 Å². The Hall–Kier alpha value is -0.795. The van der Waals surface area contributed by atoms with Crippen LogP contribution in [0.1, 0.15) is 53.5 Å². The molecule has 0 amide bonds. The number of benzene rings is 1. The van der Waals surface area contributed by atoms with E-state index in [4.69, 9.17) is 9.31 Å². The molecule has 2 nitrogen and oxygen atoms in total. The van der Waals surface area contributed by atoms with Crippen molar-refractivity contribution < 1.29 is 9.31 Å². The lowest BCUT2D eigenvalue weighted by Gasteiger charge is -2.32. The highest BCUT2D eigenvalue weighted by Gasteiger charge is 2.67. The second kappa shape index (κ2) is 4.60. The summed E-state index contributed by atoms with van der Waals surface area (Å²) in [5.74, 6) is 1.05. The lowest BCUT2D eigenvalue weighted by Crippen LogP contribution is -2.41. The molecule has 1 aliphatic carbocycles. The van der Waals surface area contributed by atoms with Gasteiger partial charge in [0.2, 0.25) is 0 Å². The van der Waals surface area contributed by atoms with Gasteiger partial charge in [-0.25, -0.2) is 0 Å². The molecule has 3 rings (SSSR count). The van der Waals surface area contributed by atoms with E-state index in [1.54, 1.807) is 0 Å². The number of hydrogen-bond donors (Lipinski definition) is 0. The van der Waals surface area contributed by atoms with Crippen LogP contribution >= 0.6 is 0 Å². The first-order chi connectivity index (χ1) is 9.71. The van der Waals surface area contributed by atoms with Crippen molar-refractivity contribution in [2.75, 3.05) is 0 Å². The topological polar surface area (TPSA) is 18.5 Å². The second-order valence-electron chi connectivity index (χ2n) is 8.00. The van der Waals surface area contributed by atoms with Crippen LogP contribution in [0.5, 0.6) is 0 Å². The lowest BCUT2D eigenvalue weighted by atomic mass is 9.70. The van der Waals surface area contributed by atoms with Crippen molar-refractivity contribution in [3.05, 3.63) is 35.9 Å². The van der Waals surface area contributed by atoms with Crippen molar-refractivity contribution in [1.82, 2.24) is 0 Å². The highest BCUT2D eigenvalue weighted by molar-refractivity contribution is 6.49. The Labute approximate surface area is 129 Å². The van der Waals surface area contributed by atoms with Gasteiger partial charge < -0.3 is 9.31 Å². The minimum absolute atomic E-state index is 0.0855. The maximum absolute atomic E-state index is 6.29. The Morgan fingerprint density at radius 2 is 1.52 bits per heavy atom. The third-order valence-corrected chi connectivity index (χ3v) is 6.00. The van der Waals surface area contributed by atoms with Gasteiger partial charge >= 0.3 is 7.12 Å². The summed E-state index contributed by atoms with van der Waals surface area (Å²) in [6.07, 6.45) is 1.16. The molecule has 1 saturated heterocycles. The molecule has 3 heteroatoms. The molecule has 114 valence electrons. The summed E-state index contributed by atoms with van der Waals surface area (Å²) < 4.78 is 12.6. The van der Waals surface area contributed by atoms with Crippen molar-refractivity contribution in [1.29, 1.82) is 0 Å². The molecule has 1 saturated carbocycles. The maximum Gasteiger partial charge on any atom is 0.462 e. The Morgan fingerprint density at radius 1 is 1.00 bits per heavy atom. The second-order valence-corrected chi connectivity index (χ2v) is 8.00.